The van der Waals surface area contributed by atoms with E-state index >= 15 is 0 Å². The molecule has 2 rings (SSSR count). The molecule has 1 aromatic carbocycles. The molecule has 0 saturated carbocycles. The largest absolute Gasteiger partial charge is 0.341 e. The highest BCUT2D eigenvalue weighted by molar-refractivity contribution is 7.90. The minimum Gasteiger partial charge on any atom is -0.341 e. The molecule has 0 aliphatic carbocycles. The van der Waals surface area contributed by atoms with E-state index in [4.69, 9.17) is 5.73 Å². The van der Waals surface area contributed by atoms with E-state index in [1.54, 1.807) is 24.3 Å². The van der Waals surface area contributed by atoms with Crippen LogP contribution in [0.2, 0.25) is 0 Å². The third-order valence-electron chi connectivity index (χ3n) is 4.21. The van der Waals surface area contributed by atoms with Crippen LogP contribution >= 0.6 is 0 Å². The predicted molar refractivity (Wildman–Crippen MR) is 86.2 cm³/mol. The molecule has 0 unspecified atom stereocenters. The van der Waals surface area contributed by atoms with Crippen molar-refractivity contribution in [2.75, 3.05) is 19.3 Å². The summed E-state index contributed by atoms with van der Waals surface area (Å²) in [4.78, 5) is 14.4. The maximum Gasteiger partial charge on any atom is 0.227 e. The first-order chi connectivity index (χ1) is 10.3. The average Bonchev–Trinajstić information content (AvgIpc) is 2.80. The second-order valence-corrected chi connectivity index (χ2v) is 8.12. The summed E-state index contributed by atoms with van der Waals surface area (Å²) in [5.74, 6) is 0.447. The molecule has 0 bridgehead atoms. The molecule has 1 aliphatic rings. The number of nitrogens with zero attached hydrogens (tertiary/aromatic N) is 1. The predicted octanol–water partition coefficient (Wildman–Crippen LogP) is 1.22. The van der Waals surface area contributed by atoms with E-state index in [9.17, 15) is 13.2 Å². The number of hydrogen-bond acceptors (Lipinski definition) is 4. The quantitative estimate of drug-likeness (QED) is 0.883. The average molecular weight is 324 g/mol. The standard InChI is InChI=1S/C16H24N2O3S/c1-3-4-13-10-18(11-15(13)17)16(19)9-12-5-7-14(8-6-12)22(2,20)21/h5-8,13,15H,3-4,9-11,17H2,1-2H3/t13-,15-/m0/s1. The fraction of sp³-hybridized carbons (Fsp3) is 0.562. The van der Waals surface area contributed by atoms with Gasteiger partial charge in [-0.25, -0.2) is 8.42 Å². The lowest BCUT2D eigenvalue weighted by Crippen LogP contribution is -2.33. The lowest BCUT2D eigenvalue weighted by molar-refractivity contribution is -0.129. The monoisotopic (exact) mass is 324 g/mol. The molecular weight excluding hydrogens is 300 g/mol. The van der Waals surface area contributed by atoms with Crippen LogP contribution in [-0.4, -0.2) is 44.6 Å². The summed E-state index contributed by atoms with van der Waals surface area (Å²) in [5.41, 5.74) is 6.92. The molecule has 1 aromatic rings. The highest BCUT2D eigenvalue weighted by Crippen LogP contribution is 2.21. The first kappa shape index (κ1) is 17.0. The number of carbonyl (C=O) groups is 1. The van der Waals surface area contributed by atoms with Crippen molar-refractivity contribution < 1.29 is 13.2 Å². The van der Waals surface area contributed by atoms with Gasteiger partial charge in [0.05, 0.1) is 11.3 Å². The van der Waals surface area contributed by atoms with Crippen LogP contribution in [0, 0.1) is 5.92 Å². The summed E-state index contributed by atoms with van der Waals surface area (Å²) in [6.45, 7) is 3.47. The van der Waals surface area contributed by atoms with Crippen molar-refractivity contribution >= 4 is 15.7 Å². The van der Waals surface area contributed by atoms with Gasteiger partial charge in [0.15, 0.2) is 9.84 Å². The number of likely N-dealkylation sites (tertiary alicyclic amines) is 1. The van der Waals surface area contributed by atoms with E-state index in [0.717, 1.165) is 24.9 Å². The number of rotatable bonds is 5. The molecular formula is C16H24N2O3S. The Morgan fingerprint density at radius 2 is 1.91 bits per heavy atom. The van der Waals surface area contributed by atoms with Crippen LogP contribution in [-0.2, 0) is 21.1 Å². The van der Waals surface area contributed by atoms with Crippen molar-refractivity contribution in [2.45, 2.75) is 37.1 Å². The van der Waals surface area contributed by atoms with E-state index in [-0.39, 0.29) is 23.3 Å². The Labute approximate surface area is 132 Å². The third kappa shape index (κ3) is 4.08. The summed E-state index contributed by atoms with van der Waals surface area (Å²) in [6.07, 6.45) is 3.59. The number of hydrogen-bond donors (Lipinski definition) is 1. The van der Waals surface area contributed by atoms with Crippen LogP contribution in [0.25, 0.3) is 0 Å². The molecule has 0 radical (unpaired) electrons. The molecule has 5 nitrogen and oxygen atoms in total. The zero-order chi connectivity index (χ0) is 16.3. The molecule has 1 saturated heterocycles. The second kappa shape index (κ2) is 6.79. The third-order valence-corrected chi connectivity index (χ3v) is 5.34. The smallest absolute Gasteiger partial charge is 0.227 e. The van der Waals surface area contributed by atoms with Crippen LogP contribution in [0.3, 0.4) is 0 Å². The van der Waals surface area contributed by atoms with Crippen molar-refractivity contribution in [3.8, 4) is 0 Å². The van der Waals surface area contributed by atoms with Crippen LogP contribution in [0.1, 0.15) is 25.3 Å². The van der Waals surface area contributed by atoms with Gasteiger partial charge in [-0.05, 0) is 30.0 Å². The van der Waals surface area contributed by atoms with Gasteiger partial charge in [-0.1, -0.05) is 25.5 Å². The SMILES string of the molecule is CCC[C@H]1CN(C(=O)Cc2ccc(S(C)(=O)=O)cc2)C[C@@H]1N. The maximum atomic E-state index is 12.3. The normalized spacial score (nSPS) is 22.0. The molecule has 2 N–H and O–H groups in total. The van der Waals surface area contributed by atoms with Crippen LogP contribution in [0.5, 0.6) is 0 Å². The Hall–Kier alpha value is -1.40. The van der Waals surface area contributed by atoms with Gasteiger partial charge in [0.1, 0.15) is 0 Å². The van der Waals surface area contributed by atoms with Gasteiger partial charge in [0, 0.05) is 25.4 Å². The minimum atomic E-state index is -3.20. The molecule has 0 aromatic heterocycles. The molecule has 1 amide bonds. The number of benzene rings is 1. The van der Waals surface area contributed by atoms with Crippen LogP contribution in [0.4, 0.5) is 0 Å². The topological polar surface area (TPSA) is 80.5 Å². The molecule has 22 heavy (non-hydrogen) atoms. The number of sulfone groups is 1. The lowest BCUT2D eigenvalue weighted by atomic mass is 9.99. The van der Waals surface area contributed by atoms with E-state index in [1.165, 1.54) is 6.26 Å². The fourth-order valence-electron chi connectivity index (χ4n) is 2.92. The van der Waals surface area contributed by atoms with Crippen LogP contribution in [0.15, 0.2) is 29.2 Å². The summed E-state index contributed by atoms with van der Waals surface area (Å²) in [5, 5.41) is 0. The lowest BCUT2D eigenvalue weighted by Gasteiger charge is -2.16. The highest BCUT2D eigenvalue weighted by Gasteiger charge is 2.31. The van der Waals surface area contributed by atoms with E-state index < -0.39 is 9.84 Å². The van der Waals surface area contributed by atoms with Gasteiger partial charge in [-0.3, -0.25) is 4.79 Å². The van der Waals surface area contributed by atoms with Gasteiger partial charge in [0.25, 0.3) is 0 Å². The second-order valence-electron chi connectivity index (χ2n) is 6.10. The number of carbonyl (C=O) groups excluding carboxylic acids is 1. The highest BCUT2D eigenvalue weighted by atomic mass is 32.2. The van der Waals surface area contributed by atoms with Crippen molar-refractivity contribution in [3.05, 3.63) is 29.8 Å². The van der Waals surface area contributed by atoms with Gasteiger partial charge >= 0.3 is 0 Å². The van der Waals surface area contributed by atoms with Crippen molar-refractivity contribution in [3.63, 3.8) is 0 Å². The molecule has 1 heterocycles. The van der Waals surface area contributed by atoms with Gasteiger partial charge in [0.2, 0.25) is 5.91 Å². The van der Waals surface area contributed by atoms with Gasteiger partial charge in [-0.15, -0.1) is 0 Å². The van der Waals surface area contributed by atoms with E-state index in [0.29, 0.717) is 12.5 Å². The minimum absolute atomic E-state index is 0.0566. The first-order valence-electron chi connectivity index (χ1n) is 7.63. The molecule has 6 heteroatoms. The molecule has 0 spiro atoms. The zero-order valence-corrected chi connectivity index (χ0v) is 14.0. The number of nitrogens with two attached hydrogens (primary N) is 1. The van der Waals surface area contributed by atoms with Gasteiger partial charge < -0.3 is 10.6 Å². The molecule has 1 fully saturated rings. The van der Waals surface area contributed by atoms with E-state index in [1.807, 2.05) is 4.90 Å². The Bertz CT molecular complexity index is 625. The van der Waals surface area contributed by atoms with E-state index in [2.05, 4.69) is 6.92 Å². The maximum absolute atomic E-state index is 12.3. The molecule has 122 valence electrons. The Kier molecular flexibility index (Phi) is 5.24. The first-order valence-corrected chi connectivity index (χ1v) is 9.52. The molecule has 1 aliphatic heterocycles. The summed E-state index contributed by atoms with van der Waals surface area (Å²) in [7, 11) is -3.20. The Balaban J connectivity index is 1.98. The Morgan fingerprint density at radius 1 is 1.27 bits per heavy atom. The molecule has 2 atom stereocenters. The van der Waals surface area contributed by atoms with Crippen molar-refractivity contribution in [1.29, 1.82) is 0 Å². The van der Waals surface area contributed by atoms with Gasteiger partial charge in [-0.2, -0.15) is 0 Å². The van der Waals surface area contributed by atoms with Crippen molar-refractivity contribution in [1.82, 2.24) is 4.90 Å². The number of amides is 1. The van der Waals surface area contributed by atoms with Crippen LogP contribution < -0.4 is 5.73 Å². The van der Waals surface area contributed by atoms with Crippen molar-refractivity contribution in [2.24, 2.45) is 11.7 Å². The Morgan fingerprint density at radius 3 is 2.45 bits per heavy atom. The summed E-state index contributed by atoms with van der Waals surface area (Å²) >= 11 is 0. The zero-order valence-electron chi connectivity index (χ0n) is 13.2. The summed E-state index contributed by atoms with van der Waals surface area (Å²) in [6, 6.07) is 6.57. The summed E-state index contributed by atoms with van der Waals surface area (Å²) < 4.78 is 22.8. The fourth-order valence-corrected chi connectivity index (χ4v) is 3.55.